The molecule has 6 nitrogen and oxygen atoms in total. The summed E-state index contributed by atoms with van der Waals surface area (Å²) in [6, 6.07) is 8.24. The van der Waals surface area contributed by atoms with E-state index in [0.717, 1.165) is 6.42 Å². The van der Waals surface area contributed by atoms with Crippen LogP contribution in [-0.4, -0.2) is 22.2 Å². The van der Waals surface area contributed by atoms with Gasteiger partial charge >= 0.3 is 0 Å². The Labute approximate surface area is 171 Å². The SMILES string of the molecule is O=C(NCCCn1cc(Cl)cn1)c1ccc(COc2ccc(Cl)cc2Cl)o1. The summed E-state index contributed by atoms with van der Waals surface area (Å²) in [5, 5.41) is 8.39. The van der Waals surface area contributed by atoms with Crippen LogP contribution >= 0.6 is 34.8 Å². The van der Waals surface area contributed by atoms with Crippen molar-refractivity contribution in [2.24, 2.45) is 0 Å². The summed E-state index contributed by atoms with van der Waals surface area (Å²) in [7, 11) is 0. The summed E-state index contributed by atoms with van der Waals surface area (Å²) in [5.74, 6) is 0.932. The number of nitrogens with one attached hydrogen (secondary N) is 1. The van der Waals surface area contributed by atoms with Crippen molar-refractivity contribution < 1.29 is 13.9 Å². The lowest BCUT2D eigenvalue weighted by Crippen LogP contribution is -2.24. The smallest absolute Gasteiger partial charge is 0.286 e. The summed E-state index contributed by atoms with van der Waals surface area (Å²) < 4.78 is 12.8. The van der Waals surface area contributed by atoms with Gasteiger partial charge in [-0.1, -0.05) is 34.8 Å². The maximum atomic E-state index is 12.1. The molecular weight excluding hydrogens is 413 g/mol. The summed E-state index contributed by atoms with van der Waals surface area (Å²) in [5.41, 5.74) is 0. The number of rotatable bonds is 8. The zero-order valence-electron chi connectivity index (χ0n) is 14.1. The van der Waals surface area contributed by atoms with Crippen molar-refractivity contribution in [3.05, 3.63) is 69.3 Å². The number of hydrogen-bond acceptors (Lipinski definition) is 4. The predicted molar refractivity (Wildman–Crippen MR) is 104 cm³/mol. The number of aryl methyl sites for hydroxylation is 1. The van der Waals surface area contributed by atoms with Gasteiger partial charge in [-0.05, 0) is 36.8 Å². The molecule has 1 N–H and O–H groups in total. The molecule has 1 amide bonds. The summed E-state index contributed by atoms with van der Waals surface area (Å²) in [6.45, 7) is 1.30. The normalized spacial score (nSPS) is 10.8. The fraction of sp³-hybridized carbons (Fsp3) is 0.222. The Bertz CT molecular complexity index is 923. The van der Waals surface area contributed by atoms with Crippen molar-refractivity contribution in [1.29, 1.82) is 0 Å². The van der Waals surface area contributed by atoms with E-state index in [2.05, 4.69) is 10.4 Å². The summed E-state index contributed by atoms with van der Waals surface area (Å²) in [6.07, 6.45) is 4.02. The zero-order chi connectivity index (χ0) is 19.2. The third-order valence-corrected chi connectivity index (χ3v) is 4.33. The number of hydrogen-bond donors (Lipinski definition) is 1. The van der Waals surface area contributed by atoms with Crippen LogP contribution in [0.2, 0.25) is 15.1 Å². The molecule has 0 unspecified atom stereocenters. The number of amides is 1. The minimum absolute atomic E-state index is 0.148. The molecule has 0 saturated heterocycles. The molecule has 0 radical (unpaired) electrons. The molecular formula is C18H16Cl3N3O3. The maximum absolute atomic E-state index is 12.1. The quantitative estimate of drug-likeness (QED) is 0.521. The van der Waals surface area contributed by atoms with Gasteiger partial charge in [-0.2, -0.15) is 5.10 Å². The number of nitrogens with zero attached hydrogens (tertiary/aromatic N) is 2. The highest BCUT2D eigenvalue weighted by molar-refractivity contribution is 6.35. The maximum Gasteiger partial charge on any atom is 0.286 e. The molecule has 0 aliphatic carbocycles. The Kier molecular flexibility index (Phi) is 6.66. The third kappa shape index (κ3) is 5.66. The number of benzene rings is 1. The lowest BCUT2D eigenvalue weighted by atomic mass is 10.3. The molecule has 0 spiro atoms. The van der Waals surface area contributed by atoms with Crippen molar-refractivity contribution >= 4 is 40.7 Å². The van der Waals surface area contributed by atoms with Gasteiger partial charge in [0.1, 0.15) is 18.1 Å². The van der Waals surface area contributed by atoms with E-state index in [0.29, 0.717) is 39.7 Å². The molecule has 2 aromatic heterocycles. The van der Waals surface area contributed by atoms with Crippen LogP contribution in [0.15, 0.2) is 47.1 Å². The number of carbonyl (C=O) groups is 1. The second-order valence-electron chi connectivity index (χ2n) is 5.66. The Hall–Kier alpha value is -2.15. The van der Waals surface area contributed by atoms with E-state index < -0.39 is 0 Å². The van der Waals surface area contributed by atoms with Gasteiger partial charge in [0.05, 0.1) is 16.2 Å². The molecule has 1 aromatic carbocycles. The average molecular weight is 429 g/mol. The molecule has 27 heavy (non-hydrogen) atoms. The van der Waals surface area contributed by atoms with Gasteiger partial charge in [-0.15, -0.1) is 0 Å². The van der Waals surface area contributed by atoms with Gasteiger partial charge in [-0.25, -0.2) is 0 Å². The monoisotopic (exact) mass is 427 g/mol. The molecule has 3 rings (SSSR count). The van der Waals surface area contributed by atoms with Gasteiger partial charge in [0.25, 0.3) is 5.91 Å². The molecule has 3 aromatic rings. The molecule has 142 valence electrons. The number of aromatic nitrogens is 2. The van der Waals surface area contributed by atoms with Crippen LogP contribution in [-0.2, 0) is 13.2 Å². The van der Waals surface area contributed by atoms with Crippen molar-refractivity contribution in [2.45, 2.75) is 19.6 Å². The number of halogens is 3. The minimum atomic E-state index is -0.288. The van der Waals surface area contributed by atoms with Crippen LogP contribution in [0.3, 0.4) is 0 Å². The first-order valence-electron chi connectivity index (χ1n) is 8.14. The van der Waals surface area contributed by atoms with Crippen molar-refractivity contribution in [1.82, 2.24) is 15.1 Å². The fourth-order valence-electron chi connectivity index (χ4n) is 2.31. The van der Waals surface area contributed by atoms with Gasteiger partial charge in [0.2, 0.25) is 0 Å². The van der Waals surface area contributed by atoms with E-state index in [-0.39, 0.29) is 18.3 Å². The molecule has 2 heterocycles. The largest absolute Gasteiger partial charge is 0.484 e. The highest BCUT2D eigenvalue weighted by atomic mass is 35.5. The molecule has 0 bridgehead atoms. The average Bonchev–Trinajstić information content (AvgIpc) is 3.27. The van der Waals surface area contributed by atoms with Crippen molar-refractivity contribution in [3.8, 4) is 5.75 Å². The van der Waals surface area contributed by atoms with E-state index in [4.69, 9.17) is 44.0 Å². The Balaban J connectivity index is 1.44. The first-order valence-corrected chi connectivity index (χ1v) is 9.27. The zero-order valence-corrected chi connectivity index (χ0v) is 16.4. The highest BCUT2D eigenvalue weighted by Gasteiger charge is 2.12. The van der Waals surface area contributed by atoms with Gasteiger partial charge < -0.3 is 14.5 Å². The lowest BCUT2D eigenvalue weighted by Gasteiger charge is -2.06. The summed E-state index contributed by atoms with van der Waals surface area (Å²) in [4.78, 5) is 12.1. The van der Waals surface area contributed by atoms with Crippen LogP contribution in [0.1, 0.15) is 22.7 Å². The second-order valence-corrected chi connectivity index (χ2v) is 6.94. The lowest BCUT2D eigenvalue weighted by molar-refractivity contribution is 0.0921. The van der Waals surface area contributed by atoms with Gasteiger partial charge in [0.15, 0.2) is 5.76 Å². The fourth-order valence-corrected chi connectivity index (χ4v) is 2.93. The molecule has 0 atom stereocenters. The molecule has 0 saturated carbocycles. The van der Waals surface area contributed by atoms with Crippen LogP contribution in [0.5, 0.6) is 5.75 Å². The molecule has 9 heteroatoms. The Morgan fingerprint density at radius 3 is 2.78 bits per heavy atom. The van der Waals surface area contributed by atoms with Crippen LogP contribution < -0.4 is 10.1 Å². The number of furan rings is 1. The highest BCUT2D eigenvalue weighted by Crippen LogP contribution is 2.28. The first-order chi connectivity index (χ1) is 13.0. The molecule has 0 aliphatic heterocycles. The topological polar surface area (TPSA) is 69.3 Å². The van der Waals surface area contributed by atoms with Crippen LogP contribution in [0.25, 0.3) is 0 Å². The molecule has 0 aliphatic rings. The number of carbonyl (C=O) groups excluding carboxylic acids is 1. The van der Waals surface area contributed by atoms with Crippen LogP contribution in [0.4, 0.5) is 0 Å². The van der Waals surface area contributed by atoms with Crippen molar-refractivity contribution in [3.63, 3.8) is 0 Å². The predicted octanol–water partition coefficient (Wildman–Crippen LogP) is 4.84. The third-order valence-electron chi connectivity index (χ3n) is 3.60. The van der Waals surface area contributed by atoms with Gasteiger partial charge in [0, 0.05) is 24.3 Å². The standard InChI is InChI=1S/C18H16Cl3N3O3/c19-12-2-4-16(15(21)8-12)26-11-14-3-5-17(27-14)18(25)22-6-1-7-24-10-13(20)9-23-24/h2-5,8-10H,1,6-7,11H2,(H,22,25). The van der Waals surface area contributed by atoms with E-state index >= 15 is 0 Å². The van der Waals surface area contributed by atoms with E-state index in [1.54, 1.807) is 47.4 Å². The van der Waals surface area contributed by atoms with Crippen LogP contribution in [0, 0.1) is 0 Å². The van der Waals surface area contributed by atoms with E-state index in [1.807, 2.05) is 0 Å². The van der Waals surface area contributed by atoms with Gasteiger partial charge in [-0.3, -0.25) is 9.48 Å². The Morgan fingerprint density at radius 1 is 1.19 bits per heavy atom. The first kappa shape index (κ1) is 19.6. The number of ether oxygens (including phenoxy) is 1. The Morgan fingerprint density at radius 2 is 2.04 bits per heavy atom. The summed E-state index contributed by atoms with van der Waals surface area (Å²) >= 11 is 17.7. The molecule has 0 fully saturated rings. The second kappa shape index (κ2) is 9.17. The van der Waals surface area contributed by atoms with E-state index in [1.165, 1.54) is 0 Å². The van der Waals surface area contributed by atoms with Crippen molar-refractivity contribution in [2.75, 3.05) is 6.54 Å². The minimum Gasteiger partial charge on any atom is -0.484 e. The van der Waals surface area contributed by atoms with E-state index in [9.17, 15) is 4.79 Å².